The smallest absolute Gasteiger partial charge is 0.271 e. The number of aromatic nitrogens is 1. The highest BCUT2D eigenvalue weighted by atomic mass is 16.2. The van der Waals surface area contributed by atoms with Crippen molar-refractivity contribution in [3.63, 3.8) is 0 Å². The first-order valence-corrected chi connectivity index (χ1v) is 6.07. The van der Waals surface area contributed by atoms with Crippen molar-refractivity contribution >= 4 is 17.4 Å². The SMILES string of the molecule is CC(=O)c1cc(NC(=O)C2=CCC=CN2C)cn1C. The van der Waals surface area contributed by atoms with Gasteiger partial charge in [-0.15, -0.1) is 0 Å². The lowest BCUT2D eigenvalue weighted by molar-refractivity contribution is -0.113. The van der Waals surface area contributed by atoms with Crippen LogP contribution >= 0.6 is 0 Å². The summed E-state index contributed by atoms with van der Waals surface area (Å²) in [6.45, 7) is 1.50. The predicted octanol–water partition coefficient (Wildman–Crippen LogP) is 1.90. The highest BCUT2D eigenvalue weighted by molar-refractivity contribution is 6.04. The fraction of sp³-hybridized carbons (Fsp3) is 0.286. The van der Waals surface area contributed by atoms with Crippen LogP contribution in [0.1, 0.15) is 23.8 Å². The number of hydrogen-bond acceptors (Lipinski definition) is 3. The maximum absolute atomic E-state index is 12.1. The molecule has 1 aliphatic rings. The minimum Gasteiger partial charge on any atom is -0.347 e. The van der Waals surface area contributed by atoms with Crippen molar-refractivity contribution in [3.8, 4) is 0 Å². The Balaban J connectivity index is 2.13. The van der Waals surface area contributed by atoms with Crippen LogP contribution in [0.4, 0.5) is 5.69 Å². The third-order valence-corrected chi connectivity index (χ3v) is 3.01. The fourth-order valence-corrected chi connectivity index (χ4v) is 2.05. The van der Waals surface area contributed by atoms with Crippen LogP contribution in [-0.4, -0.2) is 28.2 Å². The van der Waals surface area contributed by atoms with Gasteiger partial charge in [-0.1, -0.05) is 12.2 Å². The van der Waals surface area contributed by atoms with E-state index in [0.29, 0.717) is 17.1 Å². The topological polar surface area (TPSA) is 54.3 Å². The monoisotopic (exact) mass is 259 g/mol. The van der Waals surface area contributed by atoms with Gasteiger partial charge in [0.05, 0.1) is 11.4 Å². The standard InChI is InChI=1S/C14H17N3O2/c1-10(18)13-8-11(9-17(13)3)15-14(19)12-6-4-5-7-16(12)2/h5-9H,4H2,1-3H3,(H,15,19). The van der Waals surface area contributed by atoms with E-state index in [1.54, 1.807) is 28.8 Å². The molecule has 19 heavy (non-hydrogen) atoms. The van der Waals surface area contributed by atoms with Gasteiger partial charge in [-0.25, -0.2) is 0 Å². The van der Waals surface area contributed by atoms with E-state index >= 15 is 0 Å². The molecule has 0 atom stereocenters. The van der Waals surface area contributed by atoms with Gasteiger partial charge in [0.2, 0.25) is 0 Å². The van der Waals surface area contributed by atoms with Crippen LogP contribution in [0, 0.1) is 0 Å². The molecule has 1 aromatic rings. The van der Waals surface area contributed by atoms with Crippen molar-refractivity contribution in [1.82, 2.24) is 9.47 Å². The highest BCUT2D eigenvalue weighted by Gasteiger charge is 2.16. The average molecular weight is 259 g/mol. The summed E-state index contributed by atoms with van der Waals surface area (Å²) in [6, 6.07) is 1.68. The number of amides is 1. The van der Waals surface area contributed by atoms with Crippen molar-refractivity contribution in [2.24, 2.45) is 7.05 Å². The highest BCUT2D eigenvalue weighted by Crippen LogP contribution is 2.17. The van der Waals surface area contributed by atoms with Gasteiger partial charge < -0.3 is 14.8 Å². The van der Waals surface area contributed by atoms with E-state index in [-0.39, 0.29) is 11.7 Å². The van der Waals surface area contributed by atoms with Gasteiger partial charge in [-0.2, -0.15) is 0 Å². The van der Waals surface area contributed by atoms with Crippen LogP contribution in [0.3, 0.4) is 0 Å². The maximum atomic E-state index is 12.1. The lowest BCUT2D eigenvalue weighted by Crippen LogP contribution is -2.25. The Bertz CT molecular complexity index is 582. The molecule has 1 aliphatic heterocycles. The normalized spacial score (nSPS) is 14.3. The van der Waals surface area contributed by atoms with Gasteiger partial charge in [-0.05, 0) is 12.5 Å². The quantitative estimate of drug-likeness (QED) is 0.843. The van der Waals surface area contributed by atoms with Gasteiger partial charge >= 0.3 is 0 Å². The molecule has 5 heteroatoms. The molecule has 0 aromatic carbocycles. The minimum atomic E-state index is -0.174. The zero-order chi connectivity index (χ0) is 14.0. The number of hydrogen-bond donors (Lipinski definition) is 1. The van der Waals surface area contributed by atoms with Gasteiger partial charge in [0.1, 0.15) is 5.70 Å². The Hall–Kier alpha value is -2.30. The van der Waals surface area contributed by atoms with E-state index in [1.807, 2.05) is 25.4 Å². The number of nitrogens with zero attached hydrogens (tertiary/aromatic N) is 2. The minimum absolute atomic E-state index is 0.0278. The Morgan fingerprint density at radius 1 is 1.32 bits per heavy atom. The number of Topliss-reactive ketones (excluding diaryl/α,β-unsaturated/α-hetero) is 1. The number of carbonyl (C=O) groups is 2. The Kier molecular flexibility index (Phi) is 3.55. The second-order valence-corrected chi connectivity index (χ2v) is 4.56. The van der Waals surface area contributed by atoms with E-state index in [4.69, 9.17) is 0 Å². The summed E-state index contributed by atoms with van der Waals surface area (Å²) in [4.78, 5) is 25.2. The Morgan fingerprint density at radius 3 is 2.63 bits per heavy atom. The lowest BCUT2D eigenvalue weighted by Gasteiger charge is -2.20. The molecule has 0 saturated heterocycles. The van der Waals surface area contributed by atoms with Crippen LogP contribution in [-0.2, 0) is 11.8 Å². The molecule has 0 unspecified atom stereocenters. The lowest BCUT2D eigenvalue weighted by atomic mass is 10.2. The molecule has 2 rings (SSSR count). The fourth-order valence-electron chi connectivity index (χ4n) is 2.05. The van der Waals surface area contributed by atoms with Crippen LogP contribution < -0.4 is 5.32 Å². The predicted molar refractivity (Wildman–Crippen MR) is 73.7 cm³/mol. The second kappa shape index (κ2) is 5.14. The summed E-state index contributed by atoms with van der Waals surface area (Å²) in [5, 5.41) is 2.80. The summed E-state index contributed by atoms with van der Waals surface area (Å²) in [5.41, 5.74) is 1.80. The van der Waals surface area contributed by atoms with Gasteiger partial charge in [-0.3, -0.25) is 9.59 Å². The van der Waals surface area contributed by atoms with Crippen molar-refractivity contribution < 1.29 is 9.59 Å². The third-order valence-electron chi connectivity index (χ3n) is 3.01. The second-order valence-electron chi connectivity index (χ2n) is 4.56. The van der Waals surface area contributed by atoms with Crippen LogP contribution in [0.2, 0.25) is 0 Å². The summed E-state index contributed by atoms with van der Waals surface area (Å²) >= 11 is 0. The number of aryl methyl sites for hydroxylation is 1. The summed E-state index contributed by atoms with van der Waals surface area (Å²) in [7, 11) is 3.61. The summed E-state index contributed by atoms with van der Waals surface area (Å²) in [5.74, 6) is -0.201. The first-order valence-electron chi connectivity index (χ1n) is 6.07. The van der Waals surface area contributed by atoms with Crippen LogP contribution in [0.15, 0.2) is 36.3 Å². The van der Waals surface area contributed by atoms with Crippen molar-refractivity contribution in [2.45, 2.75) is 13.3 Å². The van der Waals surface area contributed by atoms with E-state index in [0.717, 1.165) is 6.42 Å². The molecule has 1 N–H and O–H groups in total. The van der Waals surface area contributed by atoms with Crippen molar-refractivity contribution in [2.75, 3.05) is 12.4 Å². The van der Waals surface area contributed by atoms with E-state index in [2.05, 4.69) is 5.32 Å². The number of likely N-dealkylation sites (N-methyl/N-ethyl adjacent to an activating group) is 1. The Labute approximate surface area is 112 Å². The number of nitrogens with one attached hydrogen (secondary N) is 1. The van der Waals surface area contributed by atoms with Crippen molar-refractivity contribution in [1.29, 1.82) is 0 Å². The maximum Gasteiger partial charge on any atom is 0.271 e. The number of ketones is 1. The molecule has 2 heterocycles. The van der Waals surface area contributed by atoms with Crippen LogP contribution in [0.25, 0.3) is 0 Å². The number of allylic oxidation sites excluding steroid dienone is 2. The average Bonchev–Trinajstić information content (AvgIpc) is 2.70. The number of rotatable bonds is 3. The molecular weight excluding hydrogens is 242 g/mol. The largest absolute Gasteiger partial charge is 0.347 e. The van der Waals surface area contributed by atoms with Gasteiger partial charge in [0.25, 0.3) is 5.91 Å². The third kappa shape index (κ3) is 2.76. The summed E-state index contributed by atoms with van der Waals surface area (Å²) in [6.07, 6.45) is 8.19. The molecule has 0 spiro atoms. The van der Waals surface area contributed by atoms with E-state index in [9.17, 15) is 9.59 Å². The zero-order valence-electron chi connectivity index (χ0n) is 11.3. The molecule has 100 valence electrons. The van der Waals surface area contributed by atoms with E-state index < -0.39 is 0 Å². The molecule has 5 nitrogen and oxygen atoms in total. The van der Waals surface area contributed by atoms with E-state index in [1.165, 1.54) is 6.92 Å². The number of anilines is 1. The molecule has 1 amide bonds. The molecule has 0 saturated carbocycles. The van der Waals surface area contributed by atoms with Crippen LogP contribution in [0.5, 0.6) is 0 Å². The molecule has 0 fully saturated rings. The number of carbonyl (C=O) groups excluding carboxylic acids is 2. The molecular formula is C14H17N3O2. The summed E-state index contributed by atoms with van der Waals surface area (Å²) < 4.78 is 1.71. The molecule has 0 aliphatic carbocycles. The molecule has 0 radical (unpaired) electrons. The first kappa shape index (κ1) is 13.1. The van der Waals surface area contributed by atoms with Gasteiger partial charge in [0, 0.05) is 33.4 Å². The van der Waals surface area contributed by atoms with Gasteiger partial charge in [0.15, 0.2) is 5.78 Å². The molecule has 0 bridgehead atoms. The first-order chi connectivity index (χ1) is 8.99. The molecule has 1 aromatic heterocycles. The van der Waals surface area contributed by atoms with Crippen molar-refractivity contribution in [3.05, 3.63) is 42.0 Å². The zero-order valence-corrected chi connectivity index (χ0v) is 11.3. The Morgan fingerprint density at radius 2 is 2.05 bits per heavy atom.